The van der Waals surface area contributed by atoms with Gasteiger partial charge in [0.05, 0.1) is 4.92 Å². The van der Waals surface area contributed by atoms with Crippen LogP contribution in [0.3, 0.4) is 0 Å². The maximum absolute atomic E-state index is 12.0. The molecule has 0 atom stereocenters. The Morgan fingerprint density at radius 3 is 2.70 bits per heavy atom. The third kappa shape index (κ3) is 4.11. The lowest BCUT2D eigenvalue weighted by molar-refractivity contribution is -0.384. The minimum Gasteiger partial charge on any atom is -0.479 e. The van der Waals surface area contributed by atoms with E-state index in [0.29, 0.717) is 11.3 Å². The molecule has 3 rings (SSSR count). The fourth-order valence-electron chi connectivity index (χ4n) is 2.25. The molecule has 134 valence electrons. The van der Waals surface area contributed by atoms with Crippen molar-refractivity contribution in [1.29, 1.82) is 5.26 Å². The molecule has 0 saturated carbocycles. The van der Waals surface area contributed by atoms with Gasteiger partial charge in [0.25, 0.3) is 5.69 Å². The van der Waals surface area contributed by atoms with Crippen molar-refractivity contribution in [1.82, 2.24) is 0 Å². The molecule has 0 spiro atoms. The van der Waals surface area contributed by atoms with E-state index >= 15 is 0 Å². The smallest absolute Gasteiger partial charge is 0.363 e. The molecule has 0 radical (unpaired) electrons. The van der Waals surface area contributed by atoms with Gasteiger partial charge in [-0.05, 0) is 35.9 Å². The molecule has 0 amide bonds. The Morgan fingerprint density at radius 1 is 1.30 bits per heavy atom. The van der Waals surface area contributed by atoms with Gasteiger partial charge in [-0.25, -0.2) is 9.79 Å². The van der Waals surface area contributed by atoms with Gasteiger partial charge in [-0.3, -0.25) is 10.1 Å². The lowest BCUT2D eigenvalue weighted by Crippen LogP contribution is -2.06. The van der Waals surface area contributed by atoms with E-state index in [4.69, 9.17) is 26.3 Å². The Kier molecular flexibility index (Phi) is 5.15. The molecule has 0 aliphatic carbocycles. The second kappa shape index (κ2) is 7.68. The fraction of sp³-hybridized carbons (Fsp3) is 0.0556. The van der Waals surface area contributed by atoms with Crippen molar-refractivity contribution in [2.24, 2.45) is 4.99 Å². The molecule has 2 aromatic rings. The van der Waals surface area contributed by atoms with Crippen LogP contribution < -0.4 is 4.74 Å². The third-order valence-corrected chi connectivity index (χ3v) is 3.82. The maximum Gasteiger partial charge on any atom is 0.363 e. The number of cyclic esters (lactones) is 1. The largest absolute Gasteiger partial charge is 0.479 e. The zero-order chi connectivity index (χ0) is 19.4. The van der Waals surface area contributed by atoms with Crippen molar-refractivity contribution >= 4 is 35.2 Å². The first-order valence-corrected chi connectivity index (χ1v) is 7.92. The number of nitriles is 1. The lowest BCUT2D eigenvalue weighted by Gasteiger charge is -2.01. The monoisotopic (exact) mass is 383 g/mol. The van der Waals surface area contributed by atoms with Crippen molar-refractivity contribution in [3.63, 3.8) is 0 Å². The number of carbonyl (C=O) groups is 1. The van der Waals surface area contributed by atoms with Gasteiger partial charge >= 0.3 is 5.97 Å². The summed E-state index contributed by atoms with van der Waals surface area (Å²) in [6.45, 7) is -0.0619. The van der Waals surface area contributed by atoms with Gasteiger partial charge in [-0.1, -0.05) is 23.7 Å². The van der Waals surface area contributed by atoms with Crippen molar-refractivity contribution in [3.8, 4) is 11.8 Å². The first kappa shape index (κ1) is 18.1. The van der Waals surface area contributed by atoms with E-state index in [9.17, 15) is 14.9 Å². The van der Waals surface area contributed by atoms with Gasteiger partial charge in [0.1, 0.15) is 16.8 Å². The summed E-state index contributed by atoms with van der Waals surface area (Å²) in [6.07, 6.45) is 1.51. The molecule has 0 unspecified atom stereocenters. The third-order valence-electron chi connectivity index (χ3n) is 3.50. The molecule has 0 fully saturated rings. The van der Waals surface area contributed by atoms with Gasteiger partial charge in [-0.2, -0.15) is 5.26 Å². The normalized spacial score (nSPS) is 14.4. The highest BCUT2D eigenvalue weighted by molar-refractivity contribution is 6.32. The Morgan fingerprint density at radius 2 is 2.04 bits per heavy atom. The summed E-state index contributed by atoms with van der Waals surface area (Å²) in [5.74, 6) is -0.197. The zero-order valence-corrected chi connectivity index (χ0v) is 14.3. The second-order valence-electron chi connectivity index (χ2n) is 5.28. The van der Waals surface area contributed by atoms with Crippen LogP contribution in [0, 0.1) is 21.4 Å². The highest BCUT2D eigenvalue weighted by atomic mass is 35.5. The lowest BCUT2D eigenvalue weighted by atomic mass is 10.2. The molecular formula is C18H10ClN3O5. The average Bonchev–Trinajstić information content (AvgIpc) is 3.02. The number of aliphatic imine (C=N–C) groups is 1. The van der Waals surface area contributed by atoms with Gasteiger partial charge in [0.15, 0.2) is 12.3 Å². The highest BCUT2D eigenvalue weighted by Gasteiger charge is 2.26. The van der Waals surface area contributed by atoms with Gasteiger partial charge in [-0.15, -0.1) is 0 Å². The number of nitro benzene ring substituents is 1. The molecule has 8 nitrogen and oxygen atoms in total. The van der Waals surface area contributed by atoms with Crippen molar-refractivity contribution in [2.75, 3.05) is 6.61 Å². The molecular weight excluding hydrogens is 374 g/mol. The van der Waals surface area contributed by atoms with E-state index in [0.717, 1.165) is 0 Å². The summed E-state index contributed by atoms with van der Waals surface area (Å²) in [5, 5.41) is 19.4. The number of hydrogen-bond donors (Lipinski definition) is 0. The quantitative estimate of drug-likeness (QED) is 0.338. The molecule has 0 aromatic heterocycles. The van der Waals surface area contributed by atoms with Crippen LogP contribution in [0.2, 0.25) is 5.02 Å². The minimum absolute atomic E-state index is 0.0249. The molecule has 27 heavy (non-hydrogen) atoms. The Balaban J connectivity index is 1.86. The fourth-order valence-corrected chi connectivity index (χ4v) is 2.44. The first-order chi connectivity index (χ1) is 13.0. The number of rotatable bonds is 5. The Hall–Kier alpha value is -3.70. The summed E-state index contributed by atoms with van der Waals surface area (Å²) in [5.41, 5.74) is 0.674. The molecule has 1 heterocycles. The van der Waals surface area contributed by atoms with E-state index in [2.05, 4.69) is 4.99 Å². The molecule has 2 aromatic carbocycles. The van der Waals surface area contributed by atoms with Gasteiger partial charge in [0, 0.05) is 11.6 Å². The maximum atomic E-state index is 12.0. The first-order valence-electron chi connectivity index (χ1n) is 7.54. The topological polar surface area (TPSA) is 115 Å². The van der Waals surface area contributed by atoms with Crippen LogP contribution in [0.1, 0.15) is 11.1 Å². The van der Waals surface area contributed by atoms with Gasteiger partial charge < -0.3 is 9.47 Å². The average molecular weight is 384 g/mol. The van der Waals surface area contributed by atoms with E-state index < -0.39 is 10.9 Å². The van der Waals surface area contributed by atoms with Gasteiger partial charge in [0.2, 0.25) is 5.90 Å². The number of esters is 1. The number of hydrogen-bond acceptors (Lipinski definition) is 7. The number of benzene rings is 2. The molecule has 9 heteroatoms. The zero-order valence-electron chi connectivity index (χ0n) is 13.6. The number of carbonyl (C=O) groups excluding carboxylic acids is 1. The number of halogens is 1. The van der Waals surface area contributed by atoms with E-state index in [1.807, 2.05) is 6.07 Å². The van der Waals surface area contributed by atoms with E-state index in [1.165, 1.54) is 24.3 Å². The van der Waals surface area contributed by atoms with Crippen molar-refractivity contribution < 1.29 is 19.2 Å². The Labute approximate surface area is 158 Å². The predicted octanol–water partition coefficient (Wildman–Crippen LogP) is 3.50. The van der Waals surface area contributed by atoms with Crippen LogP contribution in [0.25, 0.3) is 6.08 Å². The SMILES string of the molecule is N#CCOc1ccc(/C=C2\N=C(c3ccc(Cl)c([N+](=O)[O-])c3)OC2=O)cc1. The Bertz CT molecular complexity index is 1020. The van der Waals surface area contributed by atoms with E-state index in [-0.39, 0.29) is 34.5 Å². The van der Waals surface area contributed by atoms with Crippen LogP contribution in [-0.2, 0) is 9.53 Å². The summed E-state index contributed by atoms with van der Waals surface area (Å²) in [6, 6.07) is 12.6. The molecule has 1 aliphatic heterocycles. The summed E-state index contributed by atoms with van der Waals surface area (Å²) in [7, 11) is 0. The number of nitro groups is 1. The number of nitrogens with zero attached hydrogens (tertiary/aromatic N) is 3. The van der Waals surface area contributed by atoms with Crippen molar-refractivity contribution in [2.45, 2.75) is 0 Å². The molecule has 0 saturated heterocycles. The minimum atomic E-state index is -0.674. The standard InChI is InChI=1S/C18H10ClN3O5/c19-14-6-3-12(10-16(14)22(24)25)17-21-15(18(23)27-17)9-11-1-4-13(5-2-11)26-8-7-20/h1-6,9-10H,8H2/b15-9-. The summed E-state index contributed by atoms with van der Waals surface area (Å²) >= 11 is 5.78. The molecule has 0 N–H and O–H groups in total. The molecule has 0 bridgehead atoms. The highest BCUT2D eigenvalue weighted by Crippen LogP contribution is 2.27. The van der Waals surface area contributed by atoms with Crippen LogP contribution in [-0.4, -0.2) is 23.4 Å². The van der Waals surface area contributed by atoms with Crippen LogP contribution >= 0.6 is 11.6 Å². The summed E-state index contributed by atoms with van der Waals surface area (Å²) < 4.78 is 10.2. The van der Waals surface area contributed by atoms with Crippen LogP contribution in [0.15, 0.2) is 53.2 Å². The van der Waals surface area contributed by atoms with E-state index in [1.54, 1.807) is 24.3 Å². The van der Waals surface area contributed by atoms with Crippen LogP contribution in [0.5, 0.6) is 5.75 Å². The molecule has 1 aliphatic rings. The predicted molar refractivity (Wildman–Crippen MR) is 96.3 cm³/mol. The van der Waals surface area contributed by atoms with Crippen molar-refractivity contribution in [3.05, 3.63) is 74.4 Å². The summed E-state index contributed by atoms with van der Waals surface area (Å²) in [4.78, 5) is 26.5. The number of ether oxygens (including phenoxy) is 2. The second-order valence-corrected chi connectivity index (χ2v) is 5.68. The van der Waals surface area contributed by atoms with Crippen LogP contribution in [0.4, 0.5) is 5.69 Å².